The highest BCUT2D eigenvalue weighted by Crippen LogP contribution is 2.41. The van der Waals surface area contributed by atoms with Gasteiger partial charge in [-0.2, -0.15) is 0 Å². The standard InChI is InChI=1S/C22H23ClN4OS/c1-14-3-5-15(6-4-14)20(16-7-8-16)24-19(28)13-29-22-26-25-21(27(22)2)17-9-11-18(23)12-10-17/h3-6,9-12,16,20H,7-8,13H2,1-2H3,(H,24,28). The maximum absolute atomic E-state index is 12.6. The molecule has 0 bridgehead atoms. The van der Waals surface area contributed by atoms with Gasteiger partial charge < -0.3 is 9.88 Å². The zero-order chi connectivity index (χ0) is 20.4. The summed E-state index contributed by atoms with van der Waals surface area (Å²) in [6, 6.07) is 16.0. The molecule has 4 rings (SSSR count). The van der Waals surface area contributed by atoms with Crippen molar-refractivity contribution in [1.29, 1.82) is 0 Å². The first-order valence-corrected chi connectivity index (χ1v) is 11.0. The van der Waals surface area contributed by atoms with Gasteiger partial charge in [0.05, 0.1) is 11.8 Å². The minimum absolute atomic E-state index is 0.0171. The fraction of sp³-hybridized carbons (Fsp3) is 0.318. The van der Waals surface area contributed by atoms with Gasteiger partial charge in [-0.1, -0.05) is 53.2 Å². The van der Waals surface area contributed by atoms with Crippen molar-refractivity contribution in [3.63, 3.8) is 0 Å². The molecule has 1 amide bonds. The Labute approximate surface area is 179 Å². The third-order valence-electron chi connectivity index (χ3n) is 5.12. The van der Waals surface area contributed by atoms with Crippen LogP contribution in [0.25, 0.3) is 11.4 Å². The predicted molar refractivity (Wildman–Crippen MR) is 117 cm³/mol. The van der Waals surface area contributed by atoms with Gasteiger partial charge in [0, 0.05) is 17.6 Å². The largest absolute Gasteiger partial charge is 0.348 e. The van der Waals surface area contributed by atoms with E-state index in [-0.39, 0.29) is 11.9 Å². The Morgan fingerprint density at radius 3 is 2.52 bits per heavy atom. The van der Waals surface area contributed by atoms with E-state index >= 15 is 0 Å². The molecule has 1 heterocycles. The van der Waals surface area contributed by atoms with Crippen LogP contribution in [0, 0.1) is 12.8 Å². The molecule has 1 aromatic heterocycles. The Kier molecular flexibility index (Phi) is 5.92. The maximum Gasteiger partial charge on any atom is 0.230 e. The van der Waals surface area contributed by atoms with Gasteiger partial charge in [-0.05, 0) is 55.5 Å². The van der Waals surface area contributed by atoms with Gasteiger partial charge in [-0.15, -0.1) is 10.2 Å². The number of hydrogen-bond donors (Lipinski definition) is 1. The van der Waals surface area contributed by atoms with Crippen molar-refractivity contribution in [1.82, 2.24) is 20.1 Å². The van der Waals surface area contributed by atoms with E-state index in [1.807, 2.05) is 35.9 Å². The van der Waals surface area contributed by atoms with Crippen LogP contribution in [0.5, 0.6) is 0 Å². The number of halogens is 1. The van der Waals surface area contributed by atoms with E-state index in [2.05, 4.69) is 46.7 Å². The molecule has 5 nitrogen and oxygen atoms in total. The summed E-state index contributed by atoms with van der Waals surface area (Å²) in [5, 5.41) is 13.1. The predicted octanol–water partition coefficient (Wildman–Crippen LogP) is 4.80. The normalized spacial score (nSPS) is 14.6. The number of nitrogens with one attached hydrogen (secondary N) is 1. The first-order chi connectivity index (χ1) is 14.0. The van der Waals surface area contributed by atoms with Crippen molar-refractivity contribution >= 4 is 29.3 Å². The van der Waals surface area contributed by atoms with Crippen LogP contribution in [0.1, 0.15) is 30.0 Å². The van der Waals surface area contributed by atoms with Gasteiger partial charge in [-0.3, -0.25) is 4.79 Å². The van der Waals surface area contributed by atoms with Gasteiger partial charge in [0.1, 0.15) is 0 Å². The molecule has 0 radical (unpaired) electrons. The lowest BCUT2D eigenvalue weighted by Gasteiger charge is -2.19. The van der Waals surface area contributed by atoms with Crippen LogP contribution < -0.4 is 5.32 Å². The van der Waals surface area contributed by atoms with Crippen molar-refractivity contribution in [2.75, 3.05) is 5.75 Å². The summed E-state index contributed by atoms with van der Waals surface area (Å²) in [6.45, 7) is 2.07. The molecule has 1 fully saturated rings. The molecule has 1 N–H and O–H groups in total. The van der Waals surface area contributed by atoms with Crippen LogP contribution in [0.2, 0.25) is 5.02 Å². The summed E-state index contributed by atoms with van der Waals surface area (Å²) in [5.74, 6) is 1.61. The topological polar surface area (TPSA) is 59.8 Å². The number of hydrogen-bond acceptors (Lipinski definition) is 4. The lowest BCUT2D eigenvalue weighted by atomic mass is 10.0. The van der Waals surface area contributed by atoms with Gasteiger partial charge >= 0.3 is 0 Å². The molecule has 2 aromatic carbocycles. The molecular formula is C22H23ClN4OS. The average Bonchev–Trinajstić information content (AvgIpc) is 3.49. The second kappa shape index (κ2) is 8.59. The Hall–Kier alpha value is -2.31. The summed E-state index contributed by atoms with van der Waals surface area (Å²) >= 11 is 7.35. The minimum Gasteiger partial charge on any atom is -0.348 e. The number of thioether (sulfide) groups is 1. The number of aryl methyl sites for hydroxylation is 1. The second-order valence-corrected chi connectivity index (χ2v) is 8.83. The molecule has 0 aliphatic heterocycles. The van der Waals surface area contributed by atoms with E-state index in [1.165, 1.54) is 35.7 Å². The van der Waals surface area contributed by atoms with Crippen molar-refractivity contribution in [3.05, 3.63) is 64.7 Å². The fourth-order valence-corrected chi connectivity index (χ4v) is 4.16. The smallest absolute Gasteiger partial charge is 0.230 e. The SMILES string of the molecule is Cc1ccc(C(NC(=O)CSc2nnc(-c3ccc(Cl)cc3)n2C)C2CC2)cc1. The van der Waals surface area contributed by atoms with E-state index in [4.69, 9.17) is 11.6 Å². The van der Waals surface area contributed by atoms with Gasteiger partial charge in [0.2, 0.25) is 5.91 Å². The quantitative estimate of drug-likeness (QED) is 0.551. The van der Waals surface area contributed by atoms with Gasteiger partial charge in [0.25, 0.3) is 0 Å². The van der Waals surface area contributed by atoms with E-state index in [0.717, 1.165) is 11.4 Å². The van der Waals surface area contributed by atoms with Crippen molar-refractivity contribution in [3.8, 4) is 11.4 Å². The van der Waals surface area contributed by atoms with E-state index < -0.39 is 0 Å². The van der Waals surface area contributed by atoms with Gasteiger partial charge in [-0.25, -0.2) is 0 Å². The van der Waals surface area contributed by atoms with Crippen LogP contribution in [-0.4, -0.2) is 26.4 Å². The molecule has 1 aliphatic carbocycles. The lowest BCUT2D eigenvalue weighted by Crippen LogP contribution is -2.31. The summed E-state index contributed by atoms with van der Waals surface area (Å²) < 4.78 is 1.90. The molecular weight excluding hydrogens is 404 g/mol. The van der Waals surface area contributed by atoms with Crippen molar-refractivity contribution < 1.29 is 4.79 Å². The highest BCUT2D eigenvalue weighted by molar-refractivity contribution is 7.99. The Balaban J connectivity index is 1.39. The van der Waals surface area contributed by atoms with E-state index in [0.29, 0.717) is 21.8 Å². The summed E-state index contributed by atoms with van der Waals surface area (Å²) in [6.07, 6.45) is 2.33. The molecule has 29 heavy (non-hydrogen) atoms. The Morgan fingerprint density at radius 1 is 1.17 bits per heavy atom. The van der Waals surface area contributed by atoms with Crippen molar-refractivity contribution in [2.45, 2.75) is 31.0 Å². The molecule has 1 aliphatic rings. The molecule has 150 valence electrons. The van der Waals surface area contributed by atoms with Crippen molar-refractivity contribution in [2.24, 2.45) is 13.0 Å². The molecule has 0 saturated heterocycles. The Morgan fingerprint density at radius 2 is 1.86 bits per heavy atom. The zero-order valence-corrected chi connectivity index (χ0v) is 18.0. The highest BCUT2D eigenvalue weighted by atomic mass is 35.5. The fourth-order valence-electron chi connectivity index (χ4n) is 3.31. The van der Waals surface area contributed by atoms with E-state index in [1.54, 1.807) is 0 Å². The molecule has 1 atom stereocenters. The molecule has 1 unspecified atom stereocenters. The average molecular weight is 427 g/mol. The summed E-state index contributed by atoms with van der Waals surface area (Å²) in [4.78, 5) is 12.6. The van der Waals surface area contributed by atoms with Crippen LogP contribution in [0.15, 0.2) is 53.7 Å². The number of amides is 1. The van der Waals surface area contributed by atoms with Gasteiger partial charge in [0.15, 0.2) is 11.0 Å². The van der Waals surface area contributed by atoms with Crippen LogP contribution in [0.3, 0.4) is 0 Å². The van der Waals surface area contributed by atoms with E-state index in [9.17, 15) is 4.79 Å². The Bertz CT molecular complexity index is 997. The number of nitrogens with zero attached hydrogens (tertiary/aromatic N) is 3. The van der Waals surface area contributed by atoms with Crippen LogP contribution >= 0.6 is 23.4 Å². The molecule has 1 saturated carbocycles. The molecule has 3 aromatic rings. The number of carbonyl (C=O) groups is 1. The highest BCUT2D eigenvalue weighted by Gasteiger charge is 2.33. The summed E-state index contributed by atoms with van der Waals surface area (Å²) in [5.41, 5.74) is 3.35. The summed E-state index contributed by atoms with van der Waals surface area (Å²) in [7, 11) is 1.91. The monoisotopic (exact) mass is 426 g/mol. The zero-order valence-electron chi connectivity index (χ0n) is 16.4. The number of benzene rings is 2. The van der Waals surface area contributed by atoms with Crippen LogP contribution in [0.4, 0.5) is 0 Å². The number of carbonyl (C=O) groups excluding carboxylic acids is 1. The second-order valence-electron chi connectivity index (χ2n) is 7.45. The van der Waals surface area contributed by atoms with Crippen LogP contribution in [-0.2, 0) is 11.8 Å². The molecule has 7 heteroatoms. The first kappa shape index (κ1) is 20.0. The number of aromatic nitrogens is 3. The minimum atomic E-state index is 0.0171. The number of rotatable bonds is 7. The maximum atomic E-state index is 12.6. The first-order valence-electron chi connectivity index (χ1n) is 9.65. The third kappa shape index (κ3) is 4.82. The third-order valence-corrected chi connectivity index (χ3v) is 6.39. The molecule has 0 spiro atoms. The lowest BCUT2D eigenvalue weighted by molar-refractivity contribution is -0.119.